The third-order valence-electron chi connectivity index (χ3n) is 4.00. The molecule has 6 nitrogen and oxygen atoms in total. The molecular formula is C18H11F5N4O2S. The van der Waals surface area contributed by atoms with Crippen LogP contribution >= 0.6 is 11.3 Å². The predicted molar refractivity (Wildman–Crippen MR) is 94.7 cm³/mol. The lowest BCUT2D eigenvalue weighted by molar-refractivity contribution is 0.251. The smallest absolute Gasteiger partial charge is 0.234 e. The van der Waals surface area contributed by atoms with Crippen LogP contribution in [0.3, 0.4) is 0 Å². The van der Waals surface area contributed by atoms with Crippen LogP contribution < -0.4 is 9.47 Å². The van der Waals surface area contributed by atoms with Crippen LogP contribution in [0.2, 0.25) is 0 Å². The van der Waals surface area contributed by atoms with Crippen LogP contribution in [0, 0.1) is 36.0 Å². The molecule has 0 saturated carbocycles. The largest absolute Gasteiger partial charge is 0.486 e. The van der Waals surface area contributed by atoms with Gasteiger partial charge in [-0.3, -0.25) is 0 Å². The first-order valence-electron chi connectivity index (χ1n) is 8.39. The Bertz CT molecular complexity index is 1200. The van der Waals surface area contributed by atoms with Crippen LogP contribution in [-0.4, -0.2) is 19.8 Å². The SMILES string of the molecule is Cc1ccc(OCc2nnc3sc(COc4c(F)c(F)c(F)c(F)c4F)nn23)cc1. The molecule has 30 heavy (non-hydrogen) atoms. The molecular weight excluding hydrogens is 431 g/mol. The van der Waals surface area contributed by atoms with Crippen LogP contribution in [0.4, 0.5) is 22.0 Å². The summed E-state index contributed by atoms with van der Waals surface area (Å²) in [6.45, 7) is 1.45. The van der Waals surface area contributed by atoms with E-state index in [1.165, 1.54) is 4.52 Å². The minimum absolute atomic E-state index is 0.0475. The molecule has 0 aliphatic carbocycles. The summed E-state index contributed by atoms with van der Waals surface area (Å²) < 4.78 is 78.8. The number of aromatic nitrogens is 4. The summed E-state index contributed by atoms with van der Waals surface area (Å²) in [5.41, 5.74) is 1.07. The molecule has 12 heteroatoms. The van der Waals surface area contributed by atoms with Gasteiger partial charge in [-0.2, -0.15) is 18.4 Å². The maximum Gasteiger partial charge on any atom is 0.234 e. The first-order valence-corrected chi connectivity index (χ1v) is 9.20. The fraction of sp³-hybridized carbons (Fsp3) is 0.167. The van der Waals surface area contributed by atoms with E-state index in [1.807, 2.05) is 19.1 Å². The second-order valence-electron chi connectivity index (χ2n) is 6.10. The fourth-order valence-electron chi connectivity index (χ4n) is 2.47. The standard InChI is InChI=1S/C18H11F5N4O2S/c1-8-2-4-9(5-3-8)28-6-10-24-25-18-27(10)26-11(30-18)7-29-17-15(22)13(20)12(19)14(21)16(17)23/h2-5H,6-7H2,1H3. The number of hydrogen-bond acceptors (Lipinski definition) is 6. The lowest BCUT2D eigenvalue weighted by Crippen LogP contribution is -2.07. The fourth-order valence-corrected chi connectivity index (χ4v) is 3.24. The average Bonchev–Trinajstić information content (AvgIpc) is 3.31. The first kappa shape index (κ1) is 20.0. The molecule has 4 rings (SSSR count). The third kappa shape index (κ3) is 3.65. The van der Waals surface area contributed by atoms with E-state index in [2.05, 4.69) is 15.3 Å². The molecule has 0 N–H and O–H groups in total. The van der Waals surface area contributed by atoms with Gasteiger partial charge in [0.25, 0.3) is 0 Å². The molecule has 4 aromatic rings. The molecule has 0 amide bonds. The highest BCUT2D eigenvalue weighted by Gasteiger charge is 2.27. The number of benzene rings is 2. The van der Waals surface area contributed by atoms with Crippen LogP contribution in [0.25, 0.3) is 4.96 Å². The Morgan fingerprint density at radius 2 is 1.47 bits per heavy atom. The number of ether oxygens (including phenoxy) is 2. The van der Waals surface area contributed by atoms with Crippen LogP contribution in [-0.2, 0) is 13.2 Å². The molecule has 156 valence electrons. The summed E-state index contributed by atoms with van der Waals surface area (Å²) in [7, 11) is 0. The highest BCUT2D eigenvalue weighted by Crippen LogP contribution is 2.30. The lowest BCUT2D eigenvalue weighted by atomic mass is 10.2. The molecule has 0 saturated heterocycles. The van der Waals surface area contributed by atoms with Crippen molar-refractivity contribution in [1.29, 1.82) is 0 Å². The Balaban J connectivity index is 1.50. The van der Waals surface area contributed by atoms with E-state index in [4.69, 9.17) is 9.47 Å². The van der Waals surface area contributed by atoms with E-state index in [0.717, 1.165) is 16.9 Å². The van der Waals surface area contributed by atoms with Gasteiger partial charge in [0, 0.05) is 0 Å². The van der Waals surface area contributed by atoms with Crippen LogP contribution in [0.5, 0.6) is 11.5 Å². The zero-order valence-corrected chi connectivity index (χ0v) is 15.9. The highest BCUT2D eigenvalue weighted by molar-refractivity contribution is 7.16. The molecule has 2 aromatic heterocycles. The van der Waals surface area contributed by atoms with Gasteiger partial charge in [-0.15, -0.1) is 10.2 Å². The summed E-state index contributed by atoms with van der Waals surface area (Å²) in [5, 5.41) is 12.2. The Morgan fingerprint density at radius 3 is 2.13 bits per heavy atom. The average molecular weight is 442 g/mol. The van der Waals surface area contributed by atoms with Crippen molar-refractivity contribution < 1.29 is 31.4 Å². The monoisotopic (exact) mass is 442 g/mol. The van der Waals surface area contributed by atoms with Crippen molar-refractivity contribution in [2.24, 2.45) is 0 Å². The second kappa shape index (κ2) is 7.86. The molecule has 2 aromatic carbocycles. The highest BCUT2D eigenvalue weighted by atomic mass is 32.1. The second-order valence-corrected chi connectivity index (χ2v) is 7.14. The maximum atomic E-state index is 13.7. The van der Waals surface area contributed by atoms with Gasteiger partial charge in [0.15, 0.2) is 16.6 Å². The van der Waals surface area contributed by atoms with Gasteiger partial charge >= 0.3 is 0 Å². The molecule has 2 heterocycles. The van der Waals surface area contributed by atoms with Gasteiger partial charge < -0.3 is 9.47 Å². The number of rotatable bonds is 6. The Labute approximate surface area is 169 Å². The number of fused-ring (bicyclic) bond motifs is 1. The van der Waals surface area contributed by atoms with Crippen LogP contribution in [0.1, 0.15) is 16.4 Å². The van der Waals surface area contributed by atoms with Crippen molar-refractivity contribution in [3.8, 4) is 11.5 Å². The zero-order valence-electron chi connectivity index (χ0n) is 15.1. The molecule has 0 aliphatic rings. The summed E-state index contributed by atoms with van der Waals surface area (Å²) in [6, 6.07) is 7.34. The van der Waals surface area contributed by atoms with Crippen molar-refractivity contribution in [2.45, 2.75) is 20.1 Å². The molecule has 0 spiro atoms. The van der Waals surface area contributed by atoms with Crippen LogP contribution in [0.15, 0.2) is 24.3 Å². The van der Waals surface area contributed by atoms with Gasteiger partial charge in [0.2, 0.25) is 34.0 Å². The Kier molecular flexibility index (Phi) is 5.24. The van der Waals surface area contributed by atoms with Crippen molar-refractivity contribution in [3.63, 3.8) is 0 Å². The molecule has 0 fully saturated rings. The van der Waals surface area contributed by atoms with E-state index in [9.17, 15) is 22.0 Å². The topological polar surface area (TPSA) is 61.5 Å². The molecule has 0 atom stereocenters. The van der Waals surface area contributed by atoms with E-state index >= 15 is 0 Å². The van der Waals surface area contributed by atoms with Gasteiger partial charge in [-0.1, -0.05) is 29.0 Å². The van der Waals surface area contributed by atoms with Gasteiger partial charge in [0.1, 0.15) is 19.0 Å². The summed E-state index contributed by atoms with van der Waals surface area (Å²) in [5.74, 6) is -10.9. The number of hydrogen-bond donors (Lipinski definition) is 0. The molecule has 0 radical (unpaired) electrons. The minimum Gasteiger partial charge on any atom is -0.486 e. The minimum atomic E-state index is -2.26. The normalized spacial score (nSPS) is 11.3. The number of nitrogens with zero attached hydrogens (tertiary/aromatic N) is 4. The molecule has 0 bridgehead atoms. The van der Waals surface area contributed by atoms with E-state index in [-0.39, 0.29) is 11.6 Å². The van der Waals surface area contributed by atoms with Gasteiger partial charge in [-0.25, -0.2) is 13.2 Å². The van der Waals surface area contributed by atoms with E-state index in [0.29, 0.717) is 16.5 Å². The van der Waals surface area contributed by atoms with Crippen molar-refractivity contribution in [2.75, 3.05) is 0 Å². The number of aryl methyl sites for hydroxylation is 1. The summed E-state index contributed by atoms with van der Waals surface area (Å²) in [6.07, 6.45) is 0. The van der Waals surface area contributed by atoms with Gasteiger partial charge in [0.05, 0.1) is 0 Å². The summed E-state index contributed by atoms with van der Waals surface area (Å²) in [4.78, 5) is 0.341. The Hall–Kier alpha value is -3.28. The molecule has 0 aliphatic heterocycles. The van der Waals surface area contributed by atoms with Gasteiger partial charge in [-0.05, 0) is 19.1 Å². The Morgan fingerprint density at radius 1 is 0.833 bits per heavy atom. The van der Waals surface area contributed by atoms with Crippen molar-refractivity contribution in [3.05, 3.63) is 69.7 Å². The lowest BCUT2D eigenvalue weighted by Gasteiger charge is -2.08. The third-order valence-corrected chi connectivity index (χ3v) is 4.87. The number of halogens is 5. The van der Waals surface area contributed by atoms with Crippen molar-refractivity contribution in [1.82, 2.24) is 19.8 Å². The molecule has 0 unspecified atom stereocenters. The predicted octanol–water partition coefficient (Wildman–Crippen LogP) is 4.35. The zero-order chi connectivity index (χ0) is 21.4. The van der Waals surface area contributed by atoms with E-state index < -0.39 is 41.4 Å². The quantitative estimate of drug-likeness (QED) is 0.253. The first-order chi connectivity index (χ1) is 14.3. The maximum absolute atomic E-state index is 13.7. The van der Waals surface area contributed by atoms with E-state index in [1.54, 1.807) is 12.1 Å². The summed E-state index contributed by atoms with van der Waals surface area (Å²) >= 11 is 0.975. The van der Waals surface area contributed by atoms with Crippen molar-refractivity contribution >= 4 is 16.3 Å².